The molecule has 5 rings (SSSR count). The predicted octanol–water partition coefficient (Wildman–Crippen LogP) is 6.47. The lowest BCUT2D eigenvalue weighted by molar-refractivity contribution is 0.240. The lowest BCUT2D eigenvalue weighted by atomic mass is 9.79. The standard InChI is InChI=1S/C27H27NO3/c1-15-8-6-7-9-17(15)25-24-18(23-21(31-25)13-12-20(29)26(23)30-5)10-11-19-22(24)16(2)14-27(3,4)28-19/h6-14,25,28-29H,1-5H3. The molecular weight excluding hydrogens is 386 g/mol. The molecule has 0 saturated carbocycles. The van der Waals surface area contributed by atoms with Crippen molar-refractivity contribution in [1.29, 1.82) is 0 Å². The van der Waals surface area contributed by atoms with Crippen LogP contribution in [0.5, 0.6) is 17.2 Å². The smallest absolute Gasteiger partial charge is 0.172 e. The van der Waals surface area contributed by atoms with E-state index < -0.39 is 0 Å². The van der Waals surface area contributed by atoms with Crippen molar-refractivity contribution in [2.45, 2.75) is 39.3 Å². The van der Waals surface area contributed by atoms with Crippen molar-refractivity contribution in [2.24, 2.45) is 0 Å². The van der Waals surface area contributed by atoms with E-state index in [1.165, 1.54) is 11.1 Å². The minimum Gasteiger partial charge on any atom is -0.504 e. The molecule has 0 amide bonds. The monoisotopic (exact) mass is 413 g/mol. The Morgan fingerprint density at radius 2 is 1.77 bits per heavy atom. The molecule has 0 aliphatic carbocycles. The second kappa shape index (κ2) is 6.81. The second-order valence-electron chi connectivity index (χ2n) is 8.97. The van der Waals surface area contributed by atoms with Crippen LogP contribution in [0.4, 0.5) is 5.69 Å². The Bertz CT molecular complexity index is 1240. The number of methoxy groups -OCH3 is 1. The fourth-order valence-corrected chi connectivity index (χ4v) is 5.03. The van der Waals surface area contributed by atoms with E-state index in [2.05, 4.69) is 69.4 Å². The molecular formula is C27H27NO3. The number of allylic oxidation sites excluding steroid dienone is 1. The van der Waals surface area contributed by atoms with Crippen LogP contribution < -0.4 is 14.8 Å². The number of hydrogen-bond acceptors (Lipinski definition) is 4. The van der Waals surface area contributed by atoms with Crippen molar-refractivity contribution in [3.05, 3.63) is 76.9 Å². The Morgan fingerprint density at radius 3 is 2.52 bits per heavy atom. The van der Waals surface area contributed by atoms with E-state index in [1.54, 1.807) is 13.2 Å². The maximum Gasteiger partial charge on any atom is 0.172 e. The molecule has 4 nitrogen and oxygen atoms in total. The molecule has 3 aromatic carbocycles. The second-order valence-corrected chi connectivity index (χ2v) is 8.97. The van der Waals surface area contributed by atoms with Crippen LogP contribution in [0.2, 0.25) is 0 Å². The largest absolute Gasteiger partial charge is 0.504 e. The normalized spacial score (nSPS) is 18.0. The third-order valence-electron chi connectivity index (χ3n) is 6.22. The van der Waals surface area contributed by atoms with Gasteiger partial charge in [-0.05, 0) is 68.2 Å². The van der Waals surface area contributed by atoms with E-state index in [9.17, 15) is 5.11 Å². The number of ether oxygens (including phenoxy) is 2. The Hall–Kier alpha value is -3.40. The molecule has 1 unspecified atom stereocenters. The molecule has 2 aliphatic heterocycles. The van der Waals surface area contributed by atoms with Crippen LogP contribution in [-0.4, -0.2) is 17.8 Å². The molecule has 0 radical (unpaired) electrons. The molecule has 2 N–H and O–H groups in total. The van der Waals surface area contributed by atoms with Crippen LogP contribution in [0, 0.1) is 6.92 Å². The van der Waals surface area contributed by atoms with Crippen molar-refractivity contribution < 1.29 is 14.6 Å². The molecule has 4 heteroatoms. The van der Waals surface area contributed by atoms with E-state index in [-0.39, 0.29) is 17.4 Å². The van der Waals surface area contributed by atoms with Crippen LogP contribution in [0.25, 0.3) is 16.7 Å². The van der Waals surface area contributed by atoms with Gasteiger partial charge in [0.15, 0.2) is 17.6 Å². The highest BCUT2D eigenvalue weighted by Crippen LogP contribution is 2.55. The number of fused-ring (bicyclic) bond motifs is 5. The number of aryl methyl sites for hydroxylation is 1. The minimum atomic E-state index is -0.265. The molecule has 2 aliphatic rings. The Kier molecular flexibility index (Phi) is 4.30. The number of benzene rings is 3. The van der Waals surface area contributed by atoms with Gasteiger partial charge in [0.25, 0.3) is 0 Å². The number of hydrogen-bond donors (Lipinski definition) is 2. The number of nitrogens with one attached hydrogen (secondary N) is 1. The molecule has 0 aromatic heterocycles. The van der Waals surface area contributed by atoms with Gasteiger partial charge in [-0.25, -0.2) is 0 Å². The molecule has 0 fully saturated rings. The highest BCUT2D eigenvalue weighted by atomic mass is 16.5. The minimum absolute atomic E-state index is 0.106. The number of phenols is 1. The fraction of sp³-hybridized carbons (Fsp3) is 0.259. The molecule has 31 heavy (non-hydrogen) atoms. The summed E-state index contributed by atoms with van der Waals surface area (Å²) in [5.74, 6) is 1.25. The maximum absolute atomic E-state index is 10.5. The average molecular weight is 414 g/mol. The zero-order chi connectivity index (χ0) is 21.9. The third-order valence-corrected chi connectivity index (χ3v) is 6.22. The number of phenolic OH excluding ortho intramolecular Hbond substituents is 1. The van der Waals surface area contributed by atoms with Gasteiger partial charge in [0.1, 0.15) is 5.75 Å². The van der Waals surface area contributed by atoms with E-state index in [4.69, 9.17) is 9.47 Å². The zero-order valence-corrected chi connectivity index (χ0v) is 18.5. The summed E-state index contributed by atoms with van der Waals surface area (Å²) in [5.41, 5.74) is 8.55. The topological polar surface area (TPSA) is 50.7 Å². The highest BCUT2D eigenvalue weighted by molar-refractivity contribution is 5.92. The van der Waals surface area contributed by atoms with E-state index in [1.807, 2.05) is 12.1 Å². The quantitative estimate of drug-likeness (QED) is 0.506. The summed E-state index contributed by atoms with van der Waals surface area (Å²) in [5, 5.41) is 14.1. The first-order chi connectivity index (χ1) is 14.8. The molecule has 0 bridgehead atoms. The van der Waals surface area contributed by atoms with Gasteiger partial charge < -0.3 is 19.9 Å². The predicted molar refractivity (Wildman–Crippen MR) is 125 cm³/mol. The number of anilines is 1. The van der Waals surface area contributed by atoms with Crippen molar-refractivity contribution in [2.75, 3.05) is 12.4 Å². The Balaban J connectivity index is 1.87. The summed E-state index contributed by atoms with van der Waals surface area (Å²) < 4.78 is 12.3. The van der Waals surface area contributed by atoms with Crippen LogP contribution in [0.3, 0.4) is 0 Å². The lowest BCUT2D eigenvalue weighted by Crippen LogP contribution is -2.32. The Labute approximate surface area is 183 Å². The van der Waals surface area contributed by atoms with Crippen LogP contribution in [-0.2, 0) is 0 Å². The van der Waals surface area contributed by atoms with Gasteiger partial charge in [-0.1, -0.05) is 36.4 Å². The van der Waals surface area contributed by atoms with Gasteiger partial charge in [-0.3, -0.25) is 0 Å². The zero-order valence-electron chi connectivity index (χ0n) is 18.5. The van der Waals surface area contributed by atoms with Gasteiger partial charge in [0.2, 0.25) is 0 Å². The molecule has 0 saturated heterocycles. The van der Waals surface area contributed by atoms with Gasteiger partial charge in [0.05, 0.1) is 18.2 Å². The van der Waals surface area contributed by atoms with E-state index in [0.29, 0.717) is 11.5 Å². The lowest BCUT2D eigenvalue weighted by Gasteiger charge is -2.37. The van der Waals surface area contributed by atoms with Crippen molar-refractivity contribution in [1.82, 2.24) is 0 Å². The molecule has 2 heterocycles. The Morgan fingerprint density at radius 1 is 1.00 bits per heavy atom. The highest BCUT2D eigenvalue weighted by Gasteiger charge is 2.36. The van der Waals surface area contributed by atoms with E-state index >= 15 is 0 Å². The molecule has 1 atom stereocenters. The van der Waals surface area contributed by atoms with E-state index in [0.717, 1.165) is 33.5 Å². The SMILES string of the molecule is COc1c(O)ccc2c1-c1ccc3c(c1C(c1ccccc1C)O2)C(C)=CC(C)(C)N3. The first-order valence-corrected chi connectivity index (χ1v) is 10.6. The summed E-state index contributed by atoms with van der Waals surface area (Å²) in [4.78, 5) is 0. The van der Waals surface area contributed by atoms with Crippen LogP contribution in [0.1, 0.15) is 49.1 Å². The average Bonchev–Trinajstić information content (AvgIpc) is 2.72. The first kappa shape index (κ1) is 19.6. The van der Waals surface area contributed by atoms with Gasteiger partial charge in [-0.15, -0.1) is 0 Å². The third kappa shape index (κ3) is 2.97. The van der Waals surface area contributed by atoms with Crippen molar-refractivity contribution in [3.63, 3.8) is 0 Å². The summed E-state index contributed by atoms with van der Waals surface area (Å²) >= 11 is 0. The maximum atomic E-state index is 10.5. The summed E-state index contributed by atoms with van der Waals surface area (Å²) in [6, 6.07) is 16.0. The van der Waals surface area contributed by atoms with Crippen LogP contribution in [0.15, 0.2) is 54.6 Å². The molecule has 158 valence electrons. The van der Waals surface area contributed by atoms with Gasteiger partial charge in [-0.2, -0.15) is 0 Å². The van der Waals surface area contributed by atoms with Gasteiger partial charge in [0, 0.05) is 16.8 Å². The fourth-order valence-electron chi connectivity index (χ4n) is 5.03. The van der Waals surface area contributed by atoms with Crippen molar-refractivity contribution >= 4 is 11.3 Å². The van der Waals surface area contributed by atoms with Crippen molar-refractivity contribution in [3.8, 4) is 28.4 Å². The number of aromatic hydroxyl groups is 1. The summed E-state index contributed by atoms with van der Waals surface area (Å²) in [6.07, 6.45) is 2.00. The molecule has 3 aromatic rings. The van der Waals surface area contributed by atoms with Gasteiger partial charge >= 0.3 is 0 Å². The summed E-state index contributed by atoms with van der Waals surface area (Å²) in [7, 11) is 1.58. The summed E-state index contributed by atoms with van der Waals surface area (Å²) in [6.45, 7) is 8.62. The van der Waals surface area contributed by atoms with Crippen LogP contribution >= 0.6 is 0 Å². The molecule has 0 spiro atoms. The first-order valence-electron chi connectivity index (χ1n) is 10.6. The number of rotatable bonds is 2.